The molecule has 27 heavy (non-hydrogen) atoms. The standard InChI is InChI=1S/C19H16ClN3O3S/c1-3-18-17(12-21-23(18)15-9-7-13(20)8-10-15)19(24)22-14-5-4-6-16(11-14)27(2,25)26/h3-12H,1H2,2H3,(H,22,24). The van der Waals surface area contributed by atoms with E-state index in [0.717, 1.165) is 11.9 Å². The van der Waals surface area contributed by atoms with Gasteiger partial charge in [0, 0.05) is 17.0 Å². The number of amides is 1. The third kappa shape index (κ3) is 4.10. The molecule has 1 heterocycles. The zero-order valence-electron chi connectivity index (χ0n) is 14.4. The lowest BCUT2D eigenvalue weighted by Gasteiger charge is -2.08. The van der Waals surface area contributed by atoms with E-state index in [1.807, 2.05) is 0 Å². The van der Waals surface area contributed by atoms with E-state index in [0.29, 0.717) is 22.0 Å². The van der Waals surface area contributed by atoms with Gasteiger partial charge in [0.15, 0.2) is 9.84 Å². The Morgan fingerprint density at radius 2 is 1.93 bits per heavy atom. The topological polar surface area (TPSA) is 81.1 Å². The molecule has 0 radical (unpaired) electrons. The van der Waals surface area contributed by atoms with E-state index >= 15 is 0 Å². The largest absolute Gasteiger partial charge is 0.322 e. The highest BCUT2D eigenvalue weighted by molar-refractivity contribution is 7.90. The molecule has 0 aliphatic heterocycles. The molecule has 1 N–H and O–H groups in total. The van der Waals surface area contributed by atoms with E-state index in [4.69, 9.17) is 11.6 Å². The van der Waals surface area contributed by atoms with Gasteiger partial charge in [0.2, 0.25) is 0 Å². The summed E-state index contributed by atoms with van der Waals surface area (Å²) in [6.45, 7) is 3.76. The van der Waals surface area contributed by atoms with Crippen LogP contribution in [-0.2, 0) is 9.84 Å². The molecule has 0 bridgehead atoms. The molecule has 3 aromatic rings. The first kappa shape index (κ1) is 18.9. The second-order valence-electron chi connectivity index (χ2n) is 5.79. The molecule has 2 aromatic carbocycles. The highest BCUT2D eigenvalue weighted by Gasteiger charge is 2.17. The van der Waals surface area contributed by atoms with Gasteiger partial charge in [-0.1, -0.05) is 24.2 Å². The number of hydrogen-bond donors (Lipinski definition) is 1. The molecule has 6 nitrogen and oxygen atoms in total. The molecule has 0 unspecified atom stereocenters. The van der Waals surface area contributed by atoms with Crippen LogP contribution >= 0.6 is 11.6 Å². The average Bonchev–Trinajstić information content (AvgIpc) is 3.06. The van der Waals surface area contributed by atoms with Crippen molar-refractivity contribution in [3.63, 3.8) is 0 Å². The van der Waals surface area contributed by atoms with Gasteiger partial charge in [-0.15, -0.1) is 0 Å². The van der Waals surface area contributed by atoms with Gasteiger partial charge < -0.3 is 5.32 Å². The van der Waals surface area contributed by atoms with E-state index in [1.165, 1.54) is 24.4 Å². The van der Waals surface area contributed by atoms with E-state index < -0.39 is 15.7 Å². The molecule has 0 saturated carbocycles. The Morgan fingerprint density at radius 1 is 1.22 bits per heavy atom. The summed E-state index contributed by atoms with van der Waals surface area (Å²) >= 11 is 5.91. The number of rotatable bonds is 5. The minimum absolute atomic E-state index is 0.126. The second-order valence-corrected chi connectivity index (χ2v) is 8.24. The smallest absolute Gasteiger partial charge is 0.259 e. The molecule has 0 atom stereocenters. The number of aromatic nitrogens is 2. The number of carbonyl (C=O) groups is 1. The lowest BCUT2D eigenvalue weighted by molar-refractivity contribution is 0.102. The van der Waals surface area contributed by atoms with Crippen molar-refractivity contribution in [1.29, 1.82) is 0 Å². The zero-order valence-corrected chi connectivity index (χ0v) is 16.0. The van der Waals surface area contributed by atoms with Gasteiger partial charge in [-0.2, -0.15) is 5.10 Å². The van der Waals surface area contributed by atoms with Crippen LogP contribution in [0.3, 0.4) is 0 Å². The molecule has 8 heteroatoms. The SMILES string of the molecule is C=Cc1c(C(=O)Nc2cccc(S(C)(=O)=O)c2)cnn1-c1ccc(Cl)cc1. The summed E-state index contributed by atoms with van der Waals surface area (Å²) in [5, 5.41) is 7.54. The average molecular weight is 402 g/mol. The van der Waals surface area contributed by atoms with Crippen LogP contribution in [0.5, 0.6) is 0 Å². The van der Waals surface area contributed by atoms with Gasteiger partial charge in [-0.25, -0.2) is 13.1 Å². The Kier molecular flexibility index (Phi) is 5.16. The summed E-state index contributed by atoms with van der Waals surface area (Å²) in [5.41, 5.74) is 1.92. The highest BCUT2D eigenvalue weighted by Crippen LogP contribution is 2.21. The Bertz CT molecular complexity index is 1120. The van der Waals surface area contributed by atoms with Crippen LogP contribution in [0.4, 0.5) is 5.69 Å². The Morgan fingerprint density at radius 3 is 2.56 bits per heavy atom. The summed E-state index contributed by atoms with van der Waals surface area (Å²) in [4.78, 5) is 12.8. The van der Waals surface area contributed by atoms with Crippen molar-refractivity contribution in [1.82, 2.24) is 9.78 Å². The van der Waals surface area contributed by atoms with Crippen LogP contribution in [0.2, 0.25) is 5.02 Å². The van der Waals surface area contributed by atoms with E-state index in [9.17, 15) is 13.2 Å². The zero-order chi connectivity index (χ0) is 19.6. The molecule has 1 amide bonds. The third-order valence-corrected chi connectivity index (χ3v) is 5.20. The van der Waals surface area contributed by atoms with Crippen molar-refractivity contribution in [2.75, 3.05) is 11.6 Å². The number of nitrogens with zero attached hydrogens (tertiary/aromatic N) is 2. The highest BCUT2D eigenvalue weighted by atomic mass is 35.5. The molecular weight excluding hydrogens is 386 g/mol. The Hall–Kier alpha value is -2.90. The van der Waals surface area contributed by atoms with Crippen molar-refractivity contribution in [2.24, 2.45) is 0 Å². The van der Waals surface area contributed by atoms with Gasteiger partial charge in [0.25, 0.3) is 5.91 Å². The molecule has 0 fully saturated rings. The number of benzene rings is 2. The maximum atomic E-state index is 12.7. The first-order valence-electron chi connectivity index (χ1n) is 7.87. The Labute approximate surface area is 162 Å². The van der Waals surface area contributed by atoms with Crippen LogP contribution in [0.1, 0.15) is 16.1 Å². The van der Waals surface area contributed by atoms with Gasteiger partial charge in [-0.3, -0.25) is 4.79 Å². The quantitative estimate of drug-likeness (QED) is 0.704. The number of hydrogen-bond acceptors (Lipinski definition) is 4. The van der Waals surface area contributed by atoms with Crippen LogP contribution in [0.25, 0.3) is 11.8 Å². The number of carbonyl (C=O) groups excluding carboxylic acids is 1. The van der Waals surface area contributed by atoms with Crippen molar-refractivity contribution in [3.8, 4) is 5.69 Å². The van der Waals surface area contributed by atoms with Crippen LogP contribution in [-0.4, -0.2) is 30.4 Å². The molecule has 0 saturated heterocycles. The number of nitrogens with one attached hydrogen (secondary N) is 1. The lowest BCUT2D eigenvalue weighted by atomic mass is 10.2. The normalized spacial score (nSPS) is 11.2. The number of sulfone groups is 1. The first-order chi connectivity index (χ1) is 12.8. The van der Waals surface area contributed by atoms with Gasteiger partial charge in [0.05, 0.1) is 28.0 Å². The maximum Gasteiger partial charge on any atom is 0.259 e. The second kappa shape index (κ2) is 7.38. The summed E-state index contributed by atoms with van der Waals surface area (Å²) in [6, 6.07) is 13.1. The van der Waals surface area contributed by atoms with Crippen LogP contribution in [0, 0.1) is 0 Å². The maximum absolute atomic E-state index is 12.7. The molecule has 1 aromatic heterocycles. The third-order valence-electron chi connectivity index (χ3n) is 3.84. The lowest BCUT2D eigenvalue weighted by Crippen LogP contribution is -2.13. The molecule has 3 rings (SSSR count). The minimum atomic E-state index is -3.37. The fourth-order valence-electron chi connectivity index (χ4n) is 2.52. The van der Waals surface area contributed by atoms with Crippen molar-refractivity contribution >= 4 is 39.1 Å². The monoisotopic (exact) mass is 401 g/mol. The molecule has 0 aliphatic carbocycles. The van der Waals surface area contributed by atoms with Crippen molar-refractivity contribution in [2.45, 2.75) is 4.90 Å². The van der Waals surface area contributed by atoms with Gasteiger partial charge in [0.1, 0.15) is 0 Å². The Balaban J connectivity index is 1.92. The molecule has 0 aliphatic rings. The molecule has 0 spiro atoms. The summed E-state index contributed by atoms with van der Waals surface area (Å²) < 4.78 is 24.9. The van der Waals surface area contributed by atoms with E-state index in [2.05, 4.69) is 17.0 Å². The predicted octanol–water partition coefficient (Wildman–Crippen LogP) is 3.82. The summed E-state index contributed by atoms with van der Waals surface area (Å²) in [7, 11) is -3.37. The number of anilines is 1. The predicted molar refractivity (Wildman–Crippen MR) is 106 cm³/mol. The summed E-state index contributed by atoms with van der Waals surface area (Å²) in [6.07, 6.45) is 4.07. The fourth-order valence-corrected chi connectivity index (χ4v) is 3.31. The molecule has 138 valence electrons. The van der Waals surface area contributed by atoms with Gasteiger partial charge >= 0.3 is 0 Å². The fraction of sp³-hybridized carbons (Fsp3) is 0.0526. The minimum Gasteiger partial charge on any atom is -0.322 e. The van der Waals surface area contributed by atoms with Crippen molar-refractivity contribution in [3.05, 3.63) is 77.6 Å². The van der Waals surface area contributed by atoms with E-state index in [-0.39, 0.29) is 4.90 Å². The summed E-state index contributed by atoms with van der Waals surface area (Å²) in [5.74, 6) is -0.421. The number of halogens is 1. The van der Waals surface area contributed by atoms with Crippen LogP contribution < -0.4 is 5.32 Å². The van der Waals surface area contributed by atoms with Crippen LogP contribution in [0.15, 0.2) is 66.2 Å². The van der Waals surface area contributed by atoms with Crippen molar-refractivity contribution < 1.29 is 13.2 Å². The van der Waals surface area contributed by atoms with Gasteiger partial charge in [-0.05, 0) is 48.5 Å². The van der Waals surface area contributed by atoms with E-state index in [1.54, 1.807) is 41.1 Å². The molecular formula is C19H16ClN3O3S. The first-order valence-corrected chi connectivity index (χ1v) is 10.1.